The summed E-state index contributed by atoms with van der Waals surface area (Å²) in [5, 5.41) is 0.802. The second-order valence-corrected chi connectivity index (χ2v) is 8.18. The Bertz CT molecular complexity index is 728. The van der Waals surface area contributed by atoms with E-state index >= 15 is 0 Å². The van der Waals surface area contributed by atoms with Gasteiger partial charge in [-0.25, -0.2) is 0 Å². The van der Waals surface area contributed by atoms with Gasteiger partial charge in [0.1, 0.15) is 0 Å². The summed E-state index contributed by atoms with van der Waals surface area (Å²) in [7, 11) is 6.69. The van der Waals surface area contributed by atoms with Crippen LogP contribution in [0.15, 0.2) is 58.3 Å². The number of fused-ring (bicyclic) bond motifs is 2. The first kappa shape index (κ1) is 15.7. The van der Waals surface area contributed by atoms with Crippen molar-refractivity contribution >= 4 is 28.9 Å². The molecule has 1 nitrogen and oxygen atoms in total. The Hall–Kier alpha value is -1.22. The molecule has 0 unspecified atom stereocenters. The lowest BCUT2D eigenvalue weighted by molar-refractivity contribution is -0.869. The number of benzene rings is 2. The highest BCUT2D eigenvalue weighted by molar-refractivity contribution is 7.99. The average Bonchev–Trinajstić information content (AvgIpc) is 2.46. The van der Waals surface area contributed by atoms with Crippen LogP contribution in [0.3, 0.4) is 0 Å². The van der Waals surface area contributed by atoms with E-state index in [2.05, 4.69) is 63.6 Å². The molecule has 22 heavy (non-hydrogen) atoms. The second kappa shape index (κ2) is 6.11. The Morgan fingerprint density at radius 2 is 1.73 bits per heavy atom. The standard InChI is InChI=1S/C19H21ClNS/c1-21(2,3)12-6-8-15-16-7-4-5-9-18(16)22-19-11-10-14(20)13-17(15)19/h4-5,7-11,13H,6,12H2,1-3H3/q+1/b15-8-. The van der Waals surface area contributed by atoms with Gasteiger partial charge in [-0.3, -0.25) is 0 Å². The molecule has 0 saturated carbocycles. The lowest BCUT2D eigenvalue weighted by Gasteiger charge is -2.25. The Balaban J connectivity index is 2.04. The molecule has 0 atom stereocenters. The largest absolute Gasteiger partial charge is 0.331 e. The van der Waals surface area contributed by atoms with Gasteiger partial charge in [-0.05, 0) is 41.0 Å². The van der Waals surface area contributed by atoms with E-state index < -0.39 is 0 Å². The minimum atomic E-state index is 0.802. The van der Waals surface area contributed by atoms with Gasteiger partial charge < -0.3 is 4.48 Å². The minimum Gasteiger partial charge on any atom is -0.331 e. The maximum absolute atomic E-state index is 6.24. The van der Waals surface area contributed by atoms with Crippen LogP contribution in [0.1, 0.15) is 17.5 Å². The van der Waals surface area contributed by atoms with E-state index in [0.717, 1.165) is 22.5 Å². The van der Waals surface area contributed by atoms with Crippen molar-refractivity contribution in [3.05, 3.63) is 64.7 Å². The molecule has 1 aliphatic heterocycles. The zero-order valence-electron chi connectivity index (χ0n) is 13.3. The first-order chi connectivity index (χ1) is 10.4. The normalized spacial score (nSPS) is 15.5. The molecule has 0 bridgehead atoms. The third-order valence-electron chi connectivity index (χ3n) is 3.78. The van der Waals surface area contributed by atoms with Gasteiger partial charge in [0.25, 0.3) is 0 Å². The van der Waals surface area contributed by atoms with Gasteiger partial charge in [-0.2, -0.15) is 0 Å². The lowest BCUT2D eigenvalue weighted by atomic mass is 9.96. The molecule has 2 aromatic carbocycles. The van der Waals surface area contributed by atoms with Crippen molar-refractivity contribution in [2.45, 2.75) is 16.2 Å². The number of hydrogen-bond donors (Lipinski definition) is 0. The molecular formula is C19H21ClNS+. The van der Waals surface area contributed by atoms with Gasteiger partial charge in [0.2, 0.25) is 0 Å². The van der Waals surface area contributed by atoms with Crippen molar-refractivity contribution in [3.63, 3.8) is 0 Å². The van der Waals surface area contributed by atoms with E-state index in [9.17, 15) is 0 Å². The van der Waals surface area contributed by atoms with Crippen LogP contribution < -0.4 is 0 Å². The maximum Gasteiger partial charge on any atom is 0.0815 e. The molecular weight excluding hydrogens is 310 g/mol. The van der Waals surface area contributed by atoms with Gasteiger partial charge in [-0.15, -0.1) is 0 Å². The van der Waals surface area contributed by atoms with E-state index in [1.54, 1.807) is 0 Å². The van der Waals surface area contributed by atoms with E-state index in [1.807, 2.05) is 17.8 Å². The predicted molar refractivity (Wildman–Crippen MR) is 96.6 cm³/mol. The summed E-state index contributed by atoms with van der Waals surface area (Å²) in [6.45, 7) is 1.12. The second-order valence-electron chi connectivity index (χ2n) is 6.66. The van der Waals surface area contributed by atoms with Crippen molar-refractivity contribution in [3.8, 4) is 0 Å². The monoisotopic (exact) mass is 330 g/mol. The summed E-state index contributed by atoms with van der Waals surface area (Å²) in [6, 6.07) is 14.8. The zero-order chi connectivity index (χ0) is 15.7. The van der Waals surface area contributed by atoms with Crippen LogP contribution in [-0.2, 0) is 0 Å². The van der Waals surface area contributed by atoms with Gasteiger partial charge in [0.15, 0.2) is 0 Å². The minimum absolute atomic E-state index is 0.802. The fourth-order valence-corrected chi connectivity index (χ4v) is 3.92. The summed E-state index contributed by atoms with van der Waals surface area (Å²) in [6.07, 6.45) is 3.43. The van der Waals surface area contributed by atoms with E-state index in [0.29, 0.717) is 0 Å². The molecule has 2 aromatic rings. The molecule has 0 saturated heterocycles. The van der Waals surface area contributed by atoms with Crippen LogP contribution >= 0.6 is 23.4 Å². The van der Waals surface area contributed by atoms with Gasteiger partial charge in [-0.1, -0.05) is 47.6 Å². The fraction of sp³-hybridized carbons (Fsp3) is 0.263. The number of quaternary nitrogens is 1. The van der Waals surface area contributed by atoms with Crippen molar-refractivity contribution in [1.82, 2.24) is 0 Å². The van der Waals surface area contributed by atoms with Crippen LogP contribution in [0, 0.1) is 0 Å². The smallest absolute Gasteiger partial charge is 0.0815 e. The predicted octanol–water partition coefficient (Wildman–Crippen LogP) is 5.33. The number of halogens is 1. The van der Waals surface area contributed by atoms with Crippen LogP contribution in [-0.4, -0.2) is 32.2 Å². The SMILES string of the molecule is C[N+](C)(C)CC/C=C1/c2ccccc2Sc2ccc(Cl)cc21. The molecule has 1 aliphatic rings. The van der Waals surface area contributed by atoms with Gasteiger partial charge in [0, 0.05) is 21.2 Å². The first-order valence-corrected chi connectivity index (χ1v) is 8.71. The number of rotatable bonds is 3. The number of hydrogen-bond acceptors (Lipinski definition) is 1. The highest BCUT2D eigenvalue weighted by Crippen LogP contribution is 2.46. The number of nitrogens with zero attached hydrogens (tertiary/aromatic N) is 1. The quantitative estimate of drug-likeness (QED) is 0.585. The van der Waals surface area contributed by atoms with E-state index in [4.69, 9.17) is 11.6 Å². The molecule has 0 N–H and O–H groups in total. The summed E-state index contributed by atoms with van der Waals surface area (Å²) < 4.78 is 0.975. The zero-order valence-corrected chi connectivity index (χ0v) is 14.8. The molecule has 0 amide bonds. The van der Waals surface area contributed by atoms with Crippen LogP contribution in [0.5, 0.6) is 0 Å². The van der Waals surface area contributed by atoms with Crippen molar-refractivity contribution in [1.29, 1.82) is 0 Å². The Morgan fingerprint density at radius 3 is 2.50 bits per heavy atom. The molecule has 3 heteroatoms. The van der Waals surface area contributed by atoms with Crippen molar-refractivity contribution in [2.75, 3.05) is 27.7 Å². The average molecular weight is 331 g/mol. The van der Waals surface area contributed by atoms with Gasteiger partial charge >= 0.3 is 0 Å². The molecule has 3 rings (SSSR count). The molecule has 0 aromatic heterocycles. The maximum atomic E-state index is 6.24. The Kier molecular flexibility index (Phi) is 4.35. The fourth-order valence-electron chi connectivity index (χ4n) is 2.66. The van der Waals surface area contributed by atoms with Crippen LogP contribution in [0.25, 0.3) is 5.57 Å². The third kappa shape index (κ3) is 3.40. The molecule has 0 spiro atoms. The summed E-state index contributed by atoms with van der Waals surface area (Å²) in [5.41, 5.74) is 3.90. The van der Waals surface area contributed by atoms with Gasteiger partial charge in [0.05, 0.1) is 27.7 Å². The van der Waals surface area contributed by atoms with Crippen molar-refractivity contribution in [2.24, 2.45) is 0 Å². The topological polar surface area (TPSA) is 0 Å². The molecule has 0 aliphatic carbocycles. The molecule has 0 radical (unpaired) electrons. The summed E-state index contributed by atoms with van der Waals surface area (Å²) in [5.74, 6) is 0. The van der Waals surface area contributed by atoms with E-state index in [-0.39, 0.29) is 0 Å². The highest BCUT2D eigenvalue weighted by atomic mass is 35.5. The molecule has 0 fully saturated rings. The van der Waals surface area contributed by atoms with Crippen LogP contribution in [0.4, 0.5) is 0 Å². The van der Waals surface area contributed by atoms with Crippen LogP contribution in [0.2, 0.25) is 5.02 Å². The Labute approximate surface area is 142 Å². The third-order valence-corrected chi connectivity index (χ3v) is 5.16. The lowest BCUT2D eigenvalue weighted by Crippen LogP contribution is -2.34. The Morgan fingerprint density at radius 1 is 1.00 bits per heavy atom. The molecule has 1 heterocycles. The summed E-state index contributed by atoms with van der Waals surface area (Å²) >= 11 is 8.07. The molecule has 114 valence electrons. The first-order valence-electron chi connectivity index (χ1n) is 7.52. The van der Waals surface area contributed by atoms with E-state index in [1.165, 1.54) is 26.5 Å². The van der Waals surface area contributed by atoms with Crippen molar-refractivity contribution < 1.29 is 4.48 Å². The highest BCUT2D eigenvalue weighted by Gasteiger charge is 2.20. The summed E-state index contributed by atoms with van der Waals surface area (Å²) in [4.78, 5) is 2.62.